The fraction of sp³-hybridized carbons (Fsp3) is 0.750. The minimum absolute atomic E-state index is 0.0316. The van der Waals surface area contributed by atoms with Crippen molar-refractivity contribution in [1.29, 1.82) is 0 Å². The molecule has 0 spiro atoms. The zero-order chi connectivity index (χ0) is 26.3. The number of carbonyl (C=O) groups excluding carboxylic acids is 3. The first-order valence-corrected chi connectivity index (χ1v) is 12.6. The van der Waals surface area contributed by atoms with E-state index in [2.05, 4.69) is 20.0 Å². The van der Waals surface area contributed by atoms with Crippen LogP contribution in [0.4, 0.5) is 0 Å². The third-order valence-electron chi connectivity index (χ3n) is 5.51. The fourth-order valence-electron chi connectivity index (χ4n) is 3.59. The highest BCUT2D eigenvalue weighted by molar-refractivity contribution is 5.33. The second-order valence-corrected chi connectivity index (χ2v) is 8.28. The van der Waals surface area contributed by atoms with Crippen molar-refractivity contribution in [2.75, 3.05) is 26.2 Å². The Morgan fingerprint density at radius 2 is 0.972 bits per heavy atom. The van der Waals surface area contributed by atoms with Gasteiger partial charge in [0, 0.05) is 19.6 Å². The van der Waals surface area contributed by atoms with Crippen LogP contribution in [0.25, 0.3) is 0 Å². The van der Waals surface area contributed by atoms with Gasteiger partial charge in [0.2, 0.25) is 18.2 Å². The normalized spacial score (nSPS) is 10.9. The first-order valence-electron chi connectivity index (χ1n) is 12.6. The lowest BCUT2D eigenvalue weighted by Gasteiger charge is -2.10. The largest absolute Gasteiger partial charge is 0.425 e. The molecule has 1 heterocycles. The quantitative estimate of drug-likeness (QED) is 0.142. The fourth-order valence-corrected chi connectivity index (χ4v) is 3.59. The maximum absolute atomic E-state index is 13.1. The van der Waals surface area contributed by atoms with E-state index in [0.29, 0.717) is 45.6 Å². The minimum atomic E-state index is -0.723. The molecule has 0 aliphatic rings. The molecule has 0 aliphatic heterocycles. The Balaban J connectivity index is 2.81. The van der Waals surface area contributed by atoms with Gasteiger partial charge in [0.05, 0.1) is 19.6 Å². The van der Waals surface area contributed by atoms with E-state index in [-0.39, 0.29) is 12.2 Å². The average Bonchev–Trinajstić information content (AvgIpc) is 2.87. The van der Waals surface area contributed by atoms with Gasteiger partial charge in [-0.3, -0.25) is 0 Å². The predicted octanol–water partition coefficient (Wildman–Crippen LogP) is 2.19. The van der Waals surface area contributed by atoms with Crippen molar-refractivity contribution >= 4 is 18.2 Å². The maximum Gasteiger partial charge on any atom is 0.425 e. The molecule has 0 N–H and O–H groups in total. The summed E-state index contributed by atoms with van der Waals surface area (Å²) in [4.78, 5) is 70.9. The van der Waals surface area contributed by atoms with Crippen LogP contribution in [0.3, 0.4) is 0 Å². The van der Waals surface area contributed by atoms with Crippen molar-refractivity contribution < 1.29 is 18.8 Å². The number of nitrogens with zero attached hydrogens (tertiary/aromatic N) is 6. The van der Waals surface area contributed by atoms with Gasteiger partial charge in [0.15, 0.2) is 0 Å². The van der Waals surface area contributed by atoms with E-state index in [9.17, 15) is 24.0 Å². The summed E-state index contributed by atoms with van der Waals surface area (Å²) in [7, 11) is 0. The highest BCUT2D eigenvalue weighted by Crippen LogP contribution is 2.03. The van der Waals surface area contributed by atoms with Gasteiger partial charge in [-0.15, -0.1) is 0 Å². The average molecular weight is 505 g/mol. The molecule has 0 saturated carbocycles. The molecule has 0 aliphatic carbocycles. The molecule has 0 aromatic carbocycles. The number of hydrogen-bond acceptors (Lipinski definition) is 10. The van der Waals surface area contributed by atoms with Gasteiger partial charge in [-0.2, -0.15) is 0 Å². The van der Waals surface area contributed by atoms with Gasteiger partial charge in [-0.25, -0.2) is 53.1 Å². The van der Waals surface area contributed by atoms with Crippen LogP contribution in [-0.2, 0) is 27.5 Å². The van der Waals surface area contributed by atoms with Crippen molar-refractivity contribution in [2.45, 2.75) is 90.1 Å². The number of hydrogen-bond donors (Lipinski definition) is 0. The van der Waals surface area contributed by atoms with E-state index >= 15 is 0 Å². The molecular formula is C24H36N6O6. The molecule has 0 saturated heterocycles. The van der Waals surface area contributed by atoms with Crippen LogP contribution < -0.4 is 17.1 Å². The molecule has 1 aromatic rings. The van der Waals surface area contributed by atoms with Crippen LogP contribution in [0.15, 0.2) is 34.0 Å². The summed E-state index contributed by atoms with van der Waals surface area (Å²) < 4.78 is 7.96. The van der Waals surface area contributed by atoms with E-state index in [0.717, 1.165) is 68.8 Å². The summed E-state index contributed by atoms with van der Waals surface area (Å²) in [5.74, 6) is -0.723. The first-order chi connectivity index (χ1) is 17.7. The lowest BCUT2D eigenvalue weighted by atomic mass is 10.2. The molecule has 198 valence electrons. The summed E-state index contributed by atoms with van der Waals surface area (Å²) in [6.45, 7) is 2.35. The van der Waals surface area contributed by atoms with Crippen LogP contribution in [0.2, 0.25) is 0 Å². The number of aliphatic imine (C=N–C) groups is 3. The van der Waals surface area contributed by atoms with Crippen molar-refractivity contribution in [3.63, 3.8) is 0 Å². The number of rotatable bonds is 21. The molecule has 1 rings (SSSR count). The molecule has 0 radical (unpaired) electrons. The summed E-state index contributed by atoms with van der Waals surface area (Å²) >= 11 is 0. The lowest BCUT2D eigenvalue weighted by molar-refractivity contribution is 0.300. The van der Waals surface area contributed by atoms with Crippen molar-refractivity contribution in [1.82, 2.24) is 9.13 Å². The Morgan fingerprint density at radius 3 is 1.44 bits per heavy atom. The zero-order valence-electron chi connectivity index (χ0n) is 20.9. The minimum Gasteiger partial charge on any atom is -0.375 e. The molecule has 1 aromatic heterocycles. The van der Waals surface area contributed by atoms with Crippen molar-refractivity contribution in [3.8, 4) is 0 Å². The van der Waals surface area contributed by atoms with E-state index < -0.39 is 11.4 Å². The third-order valence-corrected chi connectivity index (χ3v) is 5.51. The Morgan fingerprint density at radius 1 is 0.556 bits per heavy atom. The highest BCUT2D eigenvalue weighted by atomic mass is 16.4. The molecule has 0 amide bonds. The van der Waals surface area contributed by atoms with Crippen molar-refractivity contribution in [3.05, 3.63) is 26.7 Å². The summed E-state index contributed by atoms with van der Waals surface area (Å²) in [6, 6.07) is 0. The van der Waals surface area contributed by atoms with Gasteiger partial charge < -0.3 is 4.42 Å². The number of unbranched alkanes of at least 4 members (excludes halogenated alkanes) is 9. The predicted molar refractivity (Wildman–Crippen MR) is 132 cm³/mol. The molecule has 0 fully saturated rings. The van der Waals surface area contributed by atoms with Gasteiger partial charge in [0.1, 0.15) is 0 Å². The summed E-state index contributed by atoms with van der Waals surface area (Å²) in [5.41, 5.74) is -0.406. The summed E-state index contributed by atoms with van der Waals surface area (Å²) in [5, 5.41) is 0. The van der Waals surface area contributed by atoms with Gasteiger partial charge in [-0.1, -0.05) is 38.5 Å². The van der Waals surface area contributed by atoms with E-state index in [1.165, 1.54) is 22.8 Å². The molecule has 12 heteroatoms. The van der Waals surface area contributed by atoms with Crippen LogP contribution in [0, 0.1) is 0 Å². The monoisotopic (exact) mass is 504 g/mol. The molecule has 36 heavy (non-hydrogen) atoms. The Kier molecular flexibility index (Phi) is 17.7. The SMILES string of the molecule is O=C=NCCCCCCN=c1oc(=O)n(CCCCCCN=C=O)c(=O)n1CCCCCCN=C=O. The Hall–Kier alpha value is -3.45. The Bertz CT molecular complexity index is 1090. The third kappa shape index (κ3) is 13.4. The molecule has 0 bridgehead atoms. The highest BCUT2D eigenvalue weighted by Gasteiger charge is 2.11. The lowest BCUT2D eigenvalue weighted by Crippen LogP contribution is -2.47. The second-order valence-electron chi connectivity index (χ2n) is 8.28. The van der Waals surface area contributed by atoms with Crippen LogP contribution >= 0.6 is 0 Å². The van der Waals surface area contributed by atoms with Crippen LogP contribution in [-0.4, -0.2) is 53.6 Å². The van der Waals surface area contributed by atoms with Crippen molar-refractivity contribution in [2.24, 2.45) is 20.0 Å². The standard InChI is InChI=1S/C24H36N6O6/c31-19-25-13-7-1-2-10-16-28-22-29(17-11-5-3-8-14-26-20-32)23(34)30(24(35)36-22)18-12-6-4-9-15-27-21-33/h1-18H2. The smallest absolute Gasteiger partial charge is 0.375 e. The first kappa shape index (κ1) is 30.6. The molecule has 12 nitrogen and oxygen atoms in total. The van der Waals surface area contributed by atoms with Gasteiger partial charge in [-0.05, 0) is 38.5 Å². The van der Waals surface area contributed by atoms with Crippen LogP contribution in [0.1, 0.15) is 77.0 Å². The van der Waals surface area contributed by atoms with E-state index in [4.69, 9.17) is 4.42 Å². The zero-order valence-corrected chi connectivity index (χ0v) is 20.9. The molecule has 0 unspecified atom stereocenters. The maximum atomic E-state index is 13.1. The van der Waals surface area contributed by atoms with Crippen LogP contribution in [0.5, 0.6) is 0 Å². The van der Waals surface area contributed by atoms with Gasteiger partial charge >= 0.3 is 17.1 Å². The van der Waals surface area contributed by atoms with Gasteiger partial charge in [0.25, 0.3) is 0 Å². The topological polar surface area (TPSA) is 158 Å². The Labute approximate surface area is 209 Å². The van der Waals surface area contributed by atoms with E-state index in [1.54, 1.807) is 0 Å². The molecule has 0 atom stereocenters. The number of isocyanates is 3. The van der Waals surface area contributed by atoms with E-state index in [1.807, 2.05) is 0 Å². The summed E-state index contributed by atoms with van der Waals surface area (Å²) in [6.07, 6.45) is 14.0. The second kappa shape index (κ2) is 20.9. The molecular weight excluding hydrogens is 468 g/mol. The number of aromatic nitrogens is 2.